The Morgan fingerprint density at radius 2 is 2.00 bits per heavy atom. The number of nitrogens with zero attached hydrogens (tertiary/aromatic N) is 4. The molecule has 2 aromatic heterocycles. The van der Waals surface area contributed by atoms with Gasteiger partial charge in [0.05, 0.1) is 23.9 Å². The van der Waals surface area contributed by atoms with Gasteiger partial charge < -0.3 is 10.4 Å². The monoisotopic (exact) mass is 421 g/mol. The molecule has 0 aliphatic rings. The minimum absolute atomic E-state index is 0.0272. The average molecular weight is 421 g/mol. The molecule has 0 spiro atoms. The Kier molecular flexibility index (Phi) is 5.90. The van der Waals surface area contributed by atoms with Gasteiger partial charge in [0.2, 0.25) is 5.91 Å². The molecule has 0 saturated carbocycles. The number of benzene rings is 1. The minimum Gasteiger partial charge on any atom is -0.478 e. The number of rotatable bonds is 7. The molecule has 0 saturated heterocycles. The fraction of sp³-hybridized carbons (Fsp3) is 0.263. The quantitative estimate of drug-likeness (QED) is 0.610. The van der Waals surface area contributed by atoms with Gasteiger partial charge in [0.1, 0.15) is 0 Å². The van der Waals surface area contributed by atoms with Gasteiger partial charge in [0, 0.05) is 30.9 Å². The second kappa shape index (κ2) is 8.39. The first-order valence-electron chi connectivity index (χ1n) is 8.88. The van der Waals surface area contributed by atoms with Crippen molar-refractivity contribution in [2.75, 3.05) is 5.32 Å². The SMILES string of the molecule is Cc1cc(NC(=O)CCn2cc(C(=O)O)cn2)nn1Cc1cccc(C(F)(F)F)c1. The molecule has 0 atom stereocenters. The summed E-state index contributed by atoms with van der Waals surface area (Å²) in [4.78, 5) is 22.9. The van der Waals surface area contributed by atoms with Gasteiger partial charge in [0.25, 0.3) is 0 Å². The van der Waals surface area contributed by atoms with Crippen molar-refractivity contribution in [2.24, 2.45) is 0 Å². The number of aryl methyl sites for hydroxylation is 2. The van der Waals surface area contributed by atoms with Crippen molar-refractivity contribution in [3.8, 4) is 0 Å². The number of carbonyl (C=O) groups is 2. The molecule has 3 rings (SSSR count). The number of carbonyl (C=O) groups excluding carboxylic acids is 1. The molecule has 30 heavy (non-hydrogen) atoms. The van der Waals surface area contributed by atoms with E-state index in [4.69, 9.17) is 5.11 Å². The molecule has 11 heteroatoms. The van der Waals surface area contributed by atoms with Crippen molar-refractivity contribution in [3.63, 3.8) is 0 Å². The lowest BCUT2D eigenvalue weighted by atomic mass is 10.1. The molecular weight excluding hydrogens is 403 g/mol. The standard InChI is InChI=1S/C19H18F3N5O3/c1-12-7-16(24-17(28)5-6-26-11-14(9-23-26)18(29)30)25-27(12)10-13-3-2-4-15(8-13)19(20,21)22/h2-4,7-9,11H,5-6,10H2,1H3,(H,29,30)(H,24,25,28). The van der Waals surface area contributed by atoms with Crippen LogP contribution in [0.2, 0.25) is 0 Å². The van der Waals surface area contributed by atoms with E-state index in [-0.39, 0.29) is 36.8 Å². The van der Waals surface area contributed by atoms with Crippen LogP contribution < -0.4 is 5.32 Å². The van der Waals surface area contributed by atoms with Crippen LogP contribution in [0.3, 0.4) is 0 Å². The first-order valence-corrected chi connectivity index (χ1v) is 8.88. The molecule has 2 N–H and O–H groups in total. The Bertz CT molecular complexity index is 1070. The lowest BCUT2D eigenvalue weighted by Gasteiger charge is -2.09. The first-order chi connectivity index (χ1) is 14.1. The van der Waals surface area contributed by atoms with Crippen molar-refractivity contribution in [1.29, 1.82) is 0 Å². The molecule has 0 aliphatic carbocycles. The van der Waals surface area contributed by atoms with Crippen LogP contribution in [0, 0.1) is 6.92 Å². The summed E-state index contributed by atoms with van der Waals surface area (Å²) < 4.78 is 41.4. The van der Waals surface area contributed by atoms with Crippen molar-refractivity contribution in [3.05, 3.63) is 65.1 Å². The van der Waals surface area contributed by atoms with Crippen LogP contribution in [0.15, 0.2) is 42.7 Å². The Hall–Kier alpha value is -3.63. The van der Waals surface area contributed by atoms with Crippen LogP contribution >= 0.6 is 0 Å². The fourth-order valence-electron chi connectivity index (χ4n) is 2.77. The molecule has 0 unspecified atom stereocenters. The van der Waals surface area contributed by atoms with Gasteiger partial charge in [-0.3, -0.25) is 14.2 Å². The number of alkyl halides is 3. The number of aromatic nitrogens is 4. The third-order valence-corrected chi connectivity index (χ3v) is 4.28. The number of hydrogen-bond donors (Lipinski definition) is 2. The van der Waals surface area contributed by atoms with E-state index in [1.54, 1.807) is 19.1 Å². The number of hydrogen-bond acceptors (Lipinski definition) is 4. The normalized spacial score (nSPS) is 11.5. The van der Waals surface area contributed by atoms with E-state index in [1.807, 2.05) is 0 Å². The van der Waals surface area contributed by atoms with Crippen LogP contribution in [0.4, 0.5) is 19.0 Å². The van der Waals surface area contributed by atoms with Gasteiger partial charge in [-0.25, -0.2) is 4.79 Å². The summed E-state index contributed by atoms with van der Waals surface area (Å²) >= 11 is 0. The molecule has 0 radical (unpaired) electrons. The van der Waals surface area contributed by atoms with E-state index in [0.717, 1.165) is 12.1 Å². The zero-order valence-electron chi connectivity index (χ0n) is 15.8. The van der Waals surface area contributed by atoms with Gasteiger partial charge >= 0.3 is 12.1 Å². The molecular formula is C19H18F3N5O3. The Labute approximate surface area is 168 Å². The largest absolute Gasteiger partial charge is 0.478 e. The van der Waals surface area contributed by atoms with Crippen molar-refractivity contribution >= 4 is 17.7 Å². The molecule has 2 heterocycles. The number of carboxylic acids is 1. The highest BCUT2D eigenvalue weighted by Crippen LogP contribution is 2.29. The van der Waals surface area contributed by atoms with Crippen LogP contribution in [0.5, 0.6) is 0 Å². The van der Waals surface area contributed by atoms with Gasteiger partial charge in [-0.2, -0.15) is 23.4 Å². The second-order valence-electron chi connectivity index (χ2n) is 6.62. The van der Waals surface area contributed by atoms with E-state index in [1.165, 1.54) is 27.8 Å². The maximum atomic E-state index is 12.9. The highest BCUT2D eigenvalue weighted by molar-refractivity contribution is 5.89. The molecule has 1 aromatic carbocycles. The summed E-state index contributed by atoms with van der Waals surface area (Å²) in [5, 5.41) is 19.6. The third kappa shape index (κ3) is 5.25. The van der Waals surface area contributed by atoms with E-state index >= 15 is 0 Å². The summed E-state index contributed by atoms with van der Waals surface area (Å²) in [6.07, 6.45) is -1.86. The predicted molar refractivity (Wildman–Crippen MR) is 99.9 cm³/mol. The topological polar surface area (TPSA) is 102 Å². The molecule has 158 valence electrons. The highest BCUT2D eigenvalue weighted by Gasteiger charge is 2.30. The van der Waals surface area contributed by atoms with Gasteiger partial charge in [-0.15, -0.1) is 0 Å². The molecule has 0 fully saturated rings. The zero-order valence-corrected chi connectivity index (χ0v) is 15.8. The van der Waals surface area contributed by atoms with Crippen LogP contribution in [-0.2, 0) is 24.1 Å². The fourth-order valence-corrected chi connectivity index (χ4v) is 2.77. The number of anilines is 1. The van der Waals surface area contributed by atoms with Gasteiger partial charge in [0.15, 0.2) is 5.82 Å². The van der Waals surface area contributed by atoms with Gasteiger partial charge in [-0.05, 0) is 24.6 Å². The van der Waals surface area contributed by atoms with Gasteiger partial charge in [-0.1, -0.05) is 12.1 Å². The number of carboxylic acid groups (broad SMARTS) is 1. The summed E-state index contributed by atoms with van der Waals surface area (Å²) in [6.45, 7) is 2.04. The van der Waals surface area contributed by atoms with Crippen molar-refractivity contribution in [2.45, 2.75) is 32.6 Å². The summed E-state index contributed by atoms with van der Waals surface area (Å²) in [5.74, 6) is -1.19. The van der Waals surface area contributed by atoms with E-state index in [0.29, 0.717) is 11.3 Å². The zero-order chi connectivity index (χ0) is 21.9. The van der Waals surface area contributed by atoms with Crippen LogP contribution in [0.1, 0.15) is 33.6 Å². The maximum absolute atomic E-state index is 12.9. The molecule has 0 bridgehead atoms. The number of halogens is 3. The van der Waals surface area contributed by atoms with E-state index in [2.05, 4.69) is 15.5 Å². The average Bonchev–Trinajstić information content (AvgIpc) is 3.27. The molecule has 0 aliphatic heterocycles. The lowest BCUT2D eigenvalue weighted by molar-refractivity contribution is -0.137. The van der Waals surface area contributed by atoms with Crippen molar-refractivity contribution < 1.29 is 27.9 Å². The molecule has 8 nitrogen and oxygen atoms in total. The number of amides is 1. The van der Waals surface area contributed by atoms with Crippen molar-refractivity contribution in [1.82, 2.24) is 19.6 Å². The summed E-state index contributed by atoms with van der Waals surface area (Å²) in [5.41, 5.74) is 0.394. The predicted octanol–water partition coefficient (Wildman–Crippen LogP) is 3.18. The smallest absolute Gasteiger partial charge is 0.416 e. The molecule has 3 aromatic rings. The number of nitrogens with one attached hydrogen (secondary N) is 1. The lowest BCUT2D eigenvalue weighted by Crippen LogP contribution is -2.15. The minimum atomic E-state index is -4.42. The van der Waals surface area contributed by atoms with Crippen LogP contribution in [-0.4, -0.2) is 36.5 Å². The number of aromatic carboxylic acids is 1. The third-order valence-electron chi connectivity index (χ3n) is 4.28. The van der Waals surface area contributed by atoms with E-state index in [9.17, 15) is 22.8 Å². The maximum Gasteiger partial charge on any atom is 0.416 e. The summed E-state index contributed by atoms with van der Waals surface area (Å²) in [7, 11) is 0. The Balaban J connectivity index is 1.60. The van der Waals surface area contributed by atoms with E-state index < -0.39 is 17.7 Å². The summed E-state index contributed by atoms with van der Waals surface area (Å²) in [6, 6.07) is 6.59. The Morgan fingerprint density at radius 1 is 1.23 bits per heavy atom. The Morgan fingerprint density at radius 3 is 2.67 bits per heavy atom. The highest BCUT2D eigenvalue weighted by atomic mass is 19.4. The van der Waals surface area contributed by atoms with Crippen LogP contribution in [0.25, 0.3) is 0 Å². The second-order valence-corrected chi connectivity index (χ2v) is 6.62. The molecule has 1 amide bonds. The first kappa shape index (κ1) is 21.1.